The second-order valence-corrected chi connectivity index (χ2v) is 9.78. The molecule has 0 radical (unpaired) electrons. The van der Waals surface area contributed by atoms with Crippen molar-refractivity contribution in [3.8, 4) is 0 Å². The summed E-state index contributed by atoms with van der Waals surface area (Å²) in [5.41, 5.74) is 2.12. The molecular formula is C29H21Cl2N5O4. The summed E-state index contributed by atoms with van der Waals surface area (Å²) < 4.78 is 0. The number of aliphatic carboxylic acids is 1. The fourth-order valence-electron chi connectivity index (χ4n) is 4.36. The average molecular weight is 574 g/mol. The van der Waals surface area contributed by atoms with Crippen molar-refractivity contribution < 1.29 is 19.5 Å². The van der Waals surface area contributed by atoms with Crippen LogP contribution in [0.25, 0.3) is 27.9 Å². The first-order chi connectivity index (χ1) is 19.2. The lowest BCUT2D eigenvalue weighted by Gasteiger charge is -2.17. The molecule has 1 heterocycles. The van der Waals surface area contributed by atoms with Crippen molar-refractivity contribution in [3.63, 3.8) is 0 Å². The van der Waals surface area contributed by atoms with E-state index < -0.39 is 23.5 Å². The van der Waals surface area contributed by atoms with Crippen LogP contribution in [0.4, 0.5) is 0 Å². The first kappa shape index (κ1) is 26.9. The zero-order chi connectivity index (χ0) is 28.4. The van der Waals surface area contributed by atoms with Crippen LogP contribution < -0.4 is 10.6 Å². The smallest absolute Gasteiger partial charge is 0.352 e. The lowest BCUT2D eigenvalue weighted by atomic mass is 9.99. The van der Waals surface area contributed by atoms with Gasteiger partial charge in [0, 0.05) is 5.56 Å². The molecule has 0 unspecified atom stereocenters. The number of aromatic nitrogens is 3. The Kier molecular flexibility index (Phi) is 7.50. The molecule has 200 valence electrons. The number of carboxylic acid groups (broad SMARTS) is 1. The molecule has 0 saturated carbocycles. The van der Waals surface area contributed by atoms with E-state index in [4.69, 9.17) is 23.2 Å². The van der Waals surface area contributed by atoms with Crippen molar-refractivity contribution in [2.75, 3.05) is 0 Å². The number of benzene rings is 4. The third kappa shape index (κ3) is 5.51. The first-order valence-corrected chi connectivity index (χ1v) is 12.8. The van der Waals surface area contributed by atoms with Crippen LogP contribution in [0.1, 0.15) is 44.8 Å². The number of hydrogen-bond donors (Lipinski definition) is 4. The van der Waals surface area contributed by atoms with E-state index in [2.05, 4.69) is 26.0 Å². The largest absolute Gasteiger partial charge is 0.477 e. The minimum absolute atomic E-state index is 0.110. The Labute approximate surface area is 237 Å². The molecule has 0 aliphatic carbocycles. The highest BCUT2D eigenvalue weighted by Crippen LogP contribution is 2.29. The van der Waals surface area contributed by atoms with Crippen LogP contribution in [0.3, 0.4) is 0 Å². The second-order valence-electron chi connectivity index (χ2n) is 8.97. The van der Waals surface area contributed by atoms with Gasteiger partial charge in [-0.1, -0.05) is 71.7 Å². The van der Waals surface area contributed by atoms with Crippen LogP contribution in [0.2, 0.25) is 10.0 Å². The number of carbonyl (C=O) groups excluding carboxylic acids is 2. The van der Waals surface area contributed by atoms with Gasteiger partial charge in [0.15, 0.2) is 0 Å². The monoisotopic (exact) mass is 573 g/mol. The lowest BCUT2D eigenvalue weighted by Crippen LogP contribution is -2.29. The molecular weight excluding hydrogens is 553 g/mol. The van der Waals surface area contributed by atoms with E-state index in [1.165, 1.54) is 18.2 Å². The van der Waals surface area contributed by atoms with Crippen LogP contribution in [0, 0.1) is 0 Å². The van der Waals surface area contributed by atoms with Gasteiger partial charge in [0.1, 0.15) is 16.7 Å². The standard InChI is InChI=1S/C29H21Cl2N5O4/c1-15(19-8-4-6-17-5-2-3-7-20(17)19)32-27(37)18-13-21(30)26(22(31)14-18)28(38)33-25(29(39)40)12-16-9-10-23-24(11-16)35-36-34-23/h2-15H,1H3,(H,32,37)(H,33,38)(H,39,40)(H,34,35,36)/t15-/m1/s1. The molecule has 0 aliphatic heterocycles. The molecule has 2 amide bonds. The van der Waals surface area contributed by atoms with E-state index in [-0.39, 0.29) is 27.2 Å². The van der Waals surface area contributed by atoms with E-state index in [0.717, 1.165) is 16.3 Å². The molecule has 4 N–H and O–H groups in total. The molecule has 1 aromatic heterocycles. The molecule has 0 saturated heterocycles. The quantitative estimate of drug-likeness (QED) is 0.182. The Morgan fingerprint density at radius 3 is 2.35 bits per heavy atom. The van der Waals surface area contributed by atoms with Crippen LogP contribution in [0.5, 0.6) is 0 Å². The second kappa shape index (κ2) is 11.2. The number of nitrogens with zero attached hydrogens (tertiary/aromatic N) is 2. The predicted octanol–water partition coefficient (Wildman–Crippen LogP) is 5.76. The van der Waals surface area contributed by atoms with Gasteiger partial charge in [-0.25, -0.2) is 4.79 Å². The Morgan fingerprint density at radius 2 is 1.60 bits per heavy atom. The number of amides is 2. The molecule has 0 aliphatic rings. The van der Waals surface area contributed by atoms with E-state index >= 15 is 0 Å². The highest BCUT2D eigenvalue weighted by Gasteiger charge is 2.22. The Bertz CT molecular complexity index is 1800. The number of hydrogen-bond acceptors (Lipinski definition) is 5. The van der Waals surface area contributed by atoms with Crippen LogP contribution in [0.15, 0.2) is 78.5 Å². The summed E-state index contributed by atoms with van der Waals surface area (Å²) in [7, 11) is 0. The third-order valence-electron chi connectivity index (χ3n) is 6.30. The fraction of sp³-hybridized carbons (Fsp3) is 0.0690. The van der Waals surface area contributed by atoms with E-state index in [9.17, 15) is 19.5 Å². The van der Waals surface area contributed by atoms with Crippen molar-refractivity contribution in [1.82, 2.24) is 26.0 Å². The van der Waals surface area contributed by atoms with Gasteiger partial charge < -0.3 is 15.7 Å². The minimum atomic E-state index is -1.38. The van der Waals surface area contributed by atoms with Crippen LogP contribution >= 0.6 is 23.2 Å². The lowest BCUT2D eigenvalue weighted by molar-refractivity contribution is -0.132. The predicted molar refractivity (Wildman–Crippen MR) is 153 cm³/mol. The summed E-state index contributed by atoms with van der Waals surface area (Å²) >= 11 is 12.7. The van der Waals surface area contributed by atoms with E-state index in [1.807, 2.05) is 49.4 Å². The fourth-order valence-corrected chi connectivity index (χ4v) is 5.02. The maximum absolute atomic E-state index is 13.1. The summed E-state index contributed by atoms with van der Waals surface area (Å²) in [6, 6.07) is 20.9. The Hall–Kier alpha value is -4.73. The summed E-state index contributed by atoms with van der Waals surface area (Å²) in [4.78, 5) is 37.9. The number of aromatic amines is 1. The molecule has 0 spiro atoms. The topological polar surface area (TPSA) is 137 Å². The molecule has 11 heteroatoms. The van der Waals surface area contributed by atoms with Gasteiger partial charge in [-0.2, -0.15) is 15.4 Å². The Morgan fingerprint density at radius 1 is 0.900 bits per heavy atom. The third-order valence-corrected chi connectivity index (χ3v) is 6.89. The van der Waals surface area contributed by atoms with Crippen molar-refractivity contribution in [2.45, 2.75) is 13.0 Å². The maximum atomic E-state index is 13.1. The average Bonchev–Trinajstić information content (AvgIpc) is 3.40. The molecule has 4 aromatic carbocycles. The van der Waals surface area contributed by atoms with Crippen molar-refractivity contribution >= 4 is 68.9 Å². The zero-order valence-corrected chi connectivity index (χ0v) is 22.4. The summed E-state index contributed by atoms with van der Waals surface area (Å²) in [6.45, 7) is 1.87. The SMILES string of the molecule is C[C@@H](NC(=O)c1cc(Cl)c(C(=O)NC(=Cc2ccc3n[nH]nc3c2)C(=O)O)c(Cl)c1)c1cccc2ccccc12. The normalized spacial score (nSPS) is 12.3. The van der Waals surface area contributed by atoms with Crippen molar-refractivity contribution in [2.24, 2.45) is 0 Å². The van der Waals surface area contributed by atoms with Gasteiger partial charge in [0.05, 0.1) is 21.7 Å². The minimum Gasteiger partial charge on any atom is -0.477 e. The number of halogens is 2. The number of carboxylic acids is 1. The van der Waals surface area contributed by atoms with Gasteiger partial charge in [-0.15, -0.1) is 0 Å². The molecule has 1 atom stereocenters. The zero-order valence-electron chi connectivity index (χ0n) is 20.9. The van der Waals surface area contributed by atoms with Crippen molar-refractivity contribution in [3.05, 3.63) is 111 Å². The van der Waals surface area contributed by atoms with Gasteiger partial charge in [-0.3, -0.25) is 9.59 Å². The number of carbonyl (C=O) groups is 3. The van der Waals surface area contributed by atoms with Gasteiger partial charge in [-0.05, 0) is 59.2 Å². The molecule has 5 rings (SSSR count). The Balaban J connectivity index is 1.35. The van der Waals surface area contributed by atoms with E-state index in [0.29, 0.717) is 16.6 Å². The van der Waals surface area contributed by atoms with Gasteiger partial charge >= 0.3 is 5.97 Å². The first-order valence-electron chi connectivity index (χ1n) is 12.1. The summed E-state index contributed by atoms with van der Waals surface area (Å²) in [5, 5.41) is 27.2. The molecule has 0 bridgehead atoms. The molecule has 40 heavy (non-hydrogen) atoms. The highest BCUT2D eigenvalue weighted by atomic mass is 35.5. The number of H-pyrrole nitrogens is 1. The van der Waals surface area contributed by atoms with Crippen LogP contribution in [-0.4, -0.2) is 38.3 Å². The van der Waals surface area contributed by atoms with Gasteiger partial charge in [0.25, 0.3) is 11.8 Å². The summed E-state index contributed by atoms with van der Waals surface area (Å²) in [5.74, 6) is -2.66. The molecule has 9 nitrogen and oxygen atoms in total. The van der Waals surface area contributed by atoms with Crippen molar-refractivity contribution in [1.29, 1.82) is 0 Å². The number of nitrogens with one attached hydrogen (secondary N) is 3. The highest BCUT2D eigenvalue weighted by molar-refractivity contribution is 6.40. The number of rotatable bonds is 7. The molecule has 0 fully saturated rings. The summed E-state index contributed by atoms with van der Waals surface area (Å²) in [6.07, 6.45) is 1.27. The van der Waals surface area contributed by atoms with Gasteiger partial charge in [0.2, 0.25) is 0 Å². The van der Waals surface area contributed by atoms with E-state index in [1.54, 1.807) is 18.2 Å². The molecule has 5 aromatic rings. The number of fused-ring (bicyclic) bond motifs is 2. The maximum Gasteiger partial charge on any atom is 0.352 e. The van der Waals surface area contributed by atoms with Crippen LogP contribution in [-0.2, 0) is 4.79 Å².